The summed E-state index contributed by atoms with van der Waals surface area (Å²) in [5, 5.41) is 1.91. The van der Waals surface area contributed by atoms with Crippen molar-refractivity contribution < 1.29 is 0 Å². The second-order valence-electron chi connectivity index (χ2n) is 3.76. The number of anilines is 1. The van der Waals surface area contributed by atoms with Gasteiger partial charge in [-0.2, -0.15) is 0 Å². The fraction of sp³-hybridized carbons (Fsp3) is 0.273. The van der Waals surface area contributed by atoms with Crippen molar-refractivity contribution in [3.8, 4) is 11.3 Å². The van der Waals surface area contributed by atoms with Crippen LogP contribution in [-0.2, 0) is 0 Å². The fourth-order valence-electron chi connectivity index (χ4n) is 1.97. The van der Waals surface area contributed by atoms with Crippen LogP contribution in [-0.4, -0.2) is 23.1 Å². The molecule has 16 heavy (non-hydrogen) atoms. The van der Waals surface area contributed by atoms with Crippen LogP contribution in [0.3, 0.4) is 0 Å². The number of fused-ring (bicyclic) bond motifs is 1. The minimum absolute atomic E-state index is 0.0149. The highest BCUT2D eigenvalue weighted by Crippen LogP contribution is 2.24. The molecule has 3 rings (SSSR count). The van der Waals surface area contributed by atoms with Crippen LogP contribution < -0.4 is 15.9 Å². The van der Waals surface area contributed by atoms with Crippen LogP contribution in [0.25, 0.3) is 11.3 Å². The average molecular weight is 215 g/mol. The Morgan fingerprint density at radius 2 is 2.38 bits per heavy atom. The van der Waals surface area contributed by atoms with Crippen LogP contribution in [0.1, 0.15) is 6.42 Å². The van der Waals surface area contributed by atoms with E-state index in [1.54, 1.807) is 12.1 Å². The lowest BCUT2D eigenvalue weighted by atomic mass is 10.1. The van der Waals surface area contributed by atoms with Crippen LogP contribution in [0.2, 0.25) is 0 Å². The molecular formula is C11H11N4O. The fourth-order valence-corrected chi connectivity index (χ4v) is 1.97. The maximum Gasteiger partial charge on any atom is 0.191 e. The zero-order chi connectivity index (χ0) is 11.0. The first-order chi connectivity index (χ1) is 7.86. The van der Waals surface area contributed by atoms with Gasteiger partial charge in [-0.1, -0.05) is 6.07 Å². The molecule has 2 aliphatic heterocycles. The van der Waals surface area contributed by atoms with Crippen molar-refractivity contribution in [2.75, 3.05) is 18.1 Å². The normalized spacial score (nSPS) is 15.9. The minimum atomic E-state index is -0.0149. The van der Waals surface area contributed by atoms with Crippen molar-refractivity contribution in [2.24, 2.45) is 0 Å². The molecule has 0 atom stereocenters. The smallest absolute Gasteiger partial charge is 0.191 e. The summed E-state index contributed by atoms with van der Waals surface area (Å²) < 4.78 is 0. The lowest BCUT2D eigenvalue weighted by Crippen LogP contribution is -2.33. The highest BCUT2D eigenvalue weighted by molar-refractivity contribution is 5.73. The monoisotopic (exact) mass is 215 g/mol. The lowest BCUT2D eigenvalue weighted by Gasteiger charge is -2.19. The molecule has 5 nitrogen and oxygen atoms in total. The number of aromatic nitrogens is 2. The number of rotatable bonds is 1. The number of hydrogen-bond acceptors (Lipinski definition) is 4. The first kappa shape index (κ1) is 9.35. The average Bonchev–Trinajstić information content (AvgIpc) is 2.82. The van der Waals surface area contributed by atoms with Gasteiger partial charge < -0.3 is 4.98 Å². The molecule has 0 spiro atoms. The molecule has 0 saturated carbocycles. The molecule has 0 aromatic rings. The molecule has 0 aromatic carbocycles. The van der Waals surface area contributed by atoms with E-state index in [0.717, 1.165) is 25.2 Å². The van der Waals surface area contributed by atoms with Crippen molar-refractivity contribution in [2.45, 2.75) is 6.42 Å². The van der Waals surface area contributed by atoms with Gasteiger partial charge in [-0.3, -0.25) is 9.80 Å². The Kier molecular flexibility index (Phi) is 2.11. The van der Waals surface area contributed by atoms with Crippen LogP contribution in [0.4, 0.5) is 5.82 Å². The largest absolute Gasteiger partial charge is 0.336 e. The predicted octanol–water partition coefficient (Wildman–Crippen LogP) is 0.390. The van der Waals surface area contributed by atoms with E-state index in [1.165, 1.54) is 0 Å². The molecule has 0 aromatic heterocycles. The third-order valence-electron chi connectivity index (χ3n) is 2.72. The molecule has 1 aliphatic carbocycles. The predicted molar refractivity (Wildman–Crippen MR) is 60.3 cm³/mol. The zero-order valence-corrected chi connectivity index (χ0v) is 8.66. The van der Waals surface area contributed by atoms with Gasteiger partial charge >= 0.3 is 0 Å². The third kappa shape index (κ3) is 1.37. The molecule has 1 radical (unpaired) electrons. The summed E-state index contributed by atoms with van der Waals surface area (Å²) in [7, 11) is 0. The highest BCUT2D eigenvalue weighted by atomic mass is 16.1. The van der Waals surface area contributed by atoms with E-state index in [1.807, 2.05) is 11.1 Å². The summed E-state index contributed by atoms with van der Waals surface area (Å²) in [6, 6.07) is 5.14. The Hall–Kier alpha value is -1.88. The molecule has 1 fully saturated rings. The summed E-state index contributed by atoms with van der Waals surface area (Å²) in [6.07, 6.45) is 3.77. The SMILES string of the molecule is O=c1cccc2[nH][c]nc(N3CCCN3)c1-2. The summed E-state index contributed by atoms with van der Waals surface area (Å²) in [5.74, 6) is 0.664. The highest BCUT2D eigenvalue weighted by Gasteiger charge is 2.20. The van der Waals surface area contributed by atoms with Gasteiger partial charge in [0.05, 0.1) is 11.3 Å². The topological polar surface area (TPSA) is 61.0 Å². The molecule has 5 heteroatoms. The summed E-state index contributed by atoms with van der Waals surface area (Å²) in [4.78, 5) is 18.8. The van der Waals surface area contributed by atoms with Crippen LogP contribution in [0.5, 0.6) is 0 Å². The van der Waals surface area contributed by atoms with Gasteiger partial charge in [0.2, 0.25) is 0 Å². The second-order valence-corrected chi connectivity index (χ2v) is 3.76. The van der Waals surface area contributed by atoms with Gasteiger partial charge in [0.15, 0.2) is 17.6 Å². The van der Waals surface area contributed by atoms with E-state index in [-0.39, 0.29) is 5.43 Å². The van der Waals surface area contributed by atoms with Crippen molar-refractivity contribution in [3.05, 3.63) is 34.7 Å². The van der Waals surface area contributed by atoms with Gasteiger partial charge in [-0.05, 0) is 18.6 Å². The number of nitrogens with one attached hydrogen (secondary N) is 2. The first-order valence-corrected chi connectivity index (χ1v) is 5.26. The van der Waals surface area contributed by atoms with Crippen molar-refractivity contribution >= 4 is 5.82 Å². The van der Waals surface area contributed by atoms with E-state index in [4.69, 9.17) is 0 Å². The van der Waals surface area contributed by atoms with Crippen LogP contribution in [0, 0.1) is 6.33 Å². The van der Waals surface area contributed by atoms with Crippen molar-refractivity contribution in [1.82, 2.24) is 15.4 Å². The van der Waals surface area contributed by atoms with Crippen LogP contribution >= 0.6 is 0 Å². The molecule has 0 unspecified atom stereocenters. The van der Waals surface area contributed by atoms with Gasteiger partial charge in [0.25, 0.3) is 0 Å². The maximum atomic E-state index is 11.8. The Morgan fingerprint density at radius 3 is 3.19 bits per heavy atom. The third-order valence-corrected chi connectivity index (χ3v) is 2.72. The molecule has 2 heterocycles. The Morgan fingerprint density at radius 1 is 1.44 bits per heavy atom. The van der Waals surface area contributed by atoms with E-state index in [2.05, 4.69) is 21.7 Å². The summed E-state index contributed by atoms with van der Waals surface area (Å²) in [6.45, 7) is 1.79. The molecule has 0 bridgehead atoms. The molecule has 3 aliphatic rings. The number of nitrogens with zero attached hydrogens (tertiary/aromatic N) is 2. The van der Waals surface area contributed by atoms with Gasteiger partial charge in [0, 0.05) is 13.1 Å². The number of H-pyrrole nitrogens is 1. The first-order valence-electron chi connectivity index (χ1n) is 5.26. The molecule has 0 amide bonds. The van der Waals surface area contributed by atoms with Gasteiger partial charge in [-0.25, -0.2) is 10.4 Å². The maximum absolute atomic E-state index is 11.8. The lowest BCUT2D eigenvalue weighted by molar-refractivity contribution is 0.770. The minimum Gasteiger partial charge on any atom is -0.336 e. The van der Waals surface area contributed by atoms with E-state index < -0.39 is 0 Å². The van der Waals surface area contributed by atoms with Crippen molar-refractivity contribution in [1.29, 1.82) is 0 Å². The molecule has 81 valence electrons. The van der Waals surface area contributed by atoms with E-state index in [0.29, 0.717) is 11.4 Å². The number of benzene rings is 1. The summed E-state index contributed by atoms with van der Waals surface area (Å²) in [5.41, 5.74) is 4.57. The molecule has 1 saturated heterocycles. The molecule has 2 N–H and O–H groups in total. The number of hydrogen-bond donors (Lipinski definition) is 2. The van der Waals surface area contributed by atoms with Crippen LogP contribution in [0.15, 0.2) is 23.0 Å². The number of aromatic amines is 1. The Labute approximate surface area is 92.4 Å². The van der Waals surface area contributed by atoms with E-state index in [9.17, 15) is 4.79 Å². The summed E-state index contributed by atoms with van der Waals surface area (Å²) >= 11 is 0. The van der Waals surface area contributed by atoms with Gasteiger partial charge in [0.1, 0.15) is 0 Å². The Balaban J connectivity index is 2.21. The Bertz CT molecular complexity index is 530. The number of hydrazine groups is 1. The standard InChI is InChI=1S/C11H11N4O/c16-9-4-1-3-8-10(9)11(13-7-12-8)15-6-2-5-14-15/h1,3-4,14H,2,5-6H2,(H,12,13). The second kappa shape index (κ2) is 3.61. The zero-order valence-electron chi connectivity index (χ0n) is 8.66. The molecular weight excluding hydrogens is 204 g/mol. The van der Waals surface area contributed by atoms with Crippen molar-refractivity contribution in [3.63, 3.8) is 0 Å². The van der Waals surface area contributed by atoms with Gasteiger partial charge in [-0.15, -0.1) is 0 Å². The quantitative estimate of drug-likeness (QED) is 0.722. The van der Waals surface area contributed by atoms with E-state index >= 15 is 0 Å².